The molecule has 0 saturated heterocycles. The Morgan fingerprint density at radius 2 is 1.94 bits per heavy atom. The van der Waals surface area contributed by atoms with E-state index in [0.29, 0.717) is 17.2 Å². The Balaban J connectivity index is 1.58. The van der Waals surface area contributed by atoms with Crippen molar-refractivity contribution in [2.24, 2.45) is 4.99 Å². The molecule has 0 aromatic heterocycles. The minimum atomic E-state index is -1.14. The Bertz CT molecular complexity index is 1020. The number of amides is 2. The summed E-state index contributed by atoms with van der Waals surface area (Å²) in [6, 6.07) is 12.0. The van der Waals surface area contributed by atoms with Crippen molar-refractivity contribution in [2.45, 2.75) is 18.9 Å². The first-order chi connectivity index (χ1) is 15.4. The lowest BCUT2D eigenvalue weighted by atomic mass is 10.0. The summed E-state index contributed by atoms with van der Waals surface area (Å²) in [5, 5.41) is 30.4. The van der Waals surface area contributed by atoms with Crippen LogP contribution in [0.2, 0.25) is 0 Å². The summed E-state index contributed by atoms with van der Waals surface area (Å²) >= 11 is 0. The number of benzene rings is 2. The SMILES string of the molecule is O=C(O)CC(NC(=O)CNC(=O)c1cccc(NC2=NCCCN2)c1)c1ccccc1O. The summed E-state index contributed by atoms with van der Waals surface area (Å²) in [7, 11) is 0. The minimum absolute atomic E-state index is 0.121. The average Bonchev–Trinajstić information content (AvgIpc) is 2.78. The Morgan fingerprint density at radius 3 is 2.66 bits per heavy atom. The average molecular weight is 439 g/mol. The van der Waals surface area contributed by atoms with Gasteiger partial charge in [0.1, 0.15) is 5.75 Å². The van der Waals surface area contributed by atoms with Crippen molar-refractivity contribution in [3.05, 3.63) is 59.7 Å². The third-order valence-corrected chi connectivity index (χ3v) is 4.72. The maximum atomic E-state index is 12.5. The summed E-state index contributed by atoms with van der Waals surface area (Å²) < 4.78 is 0. The molecule has 10 heteroatoms. The number of rotatable bonds is 8. The lowest BCUT2D eigenvalue weighted by Gasteiger charge is -2.19. The standard InChI is InChI=1S/C22H25N5O5/c28-18-8-2-1-7-16(18)17(12-20(30)31)27-19(29)13-25-21(32)14-5-3-6-15(11-14)26-22-23-9-4-10-24-22/h1-3,5-8,11,17,28H,4,9-10,12-13H2,(H,25,32)(H,27,29)(H,30,31)(H2,23,24,26). The van der Waals surface area contributed by atoms with Crippen LogP contribution >= 0.6 is 0 Å². The number of phenolic OH excluding ortho intramolecular Hbond substituents is 1. The van der Waals surface area contributed by atoms with Crippen LogP contribution in [0, 0.1) is 0 Å². The van der Waals surface area contributed by atoms with Crippen LogP contribution in [0.3, 0.4) is 0 Å². The van der Waals surface area contributed by atoms with Gasteiger partial charge in [-0.15, -0.1) is 0 Å². The third-order valence-electron chi connectivity index (χ3n) is 4.72. The van der Waals surface area contributed by atoms with Crippen LogP contribution in [-0.4, -0.2) is 53.6 Å². The molecule has 2 aromatic rings. The molecule has 2 aromatic carbocycles. The van der Waals surface area contributed by atoms with Gasteiger partial charge >= 0.3 is 5.97 Å². The van der Waals surface area contributed by atoms with Gasteiger partial charge in [0.15, 0.2) is 5.96 Å². The lowest BCUT2D eigenvalue weighted by Crippen LogP contribution is -2.39. The van der Waals surface area contributed by atoms with Gasteiger partial charge in [-0.1, -0.05) is 24.3 Å². The summed E-state index contributed by atoms with van der Waals surface area (Å²) in [6.45, 7) is 1.20. The van der Waals surface area contributed by atoms with E-state index in [9.17, 15) is 19.5 Å². The van der Waals surface area contributed by atoms with Crippen LogP contribution in [0.5, 0.6) is 5.75 Å². The summed E-state index contributed by atoms with van der Waals surface area (Å²) in [5.41, 5.74) is 1.31. The predicted octanol–water partition coefficient (Wildman–Crippen LogP) is 1.22. The van der Waals surface area contributed by atoms with Crippen molar-refractivity contribution in [1.82, 2.24) is 16.0 Å². The van der Waals surface area contributed by atoms with Crippen LogP contribution in [0.25, 0.3) is 0 Å². The smallest absolute Gasteiger partial charge is 0.305 e. The van der Waals surface area contributed by atoms with Crippen molar-refractivity contribution in [3.8, 4) is 5.75 Å². The number of aliphatic carboxylic acids is 1. The fourth-order valence-corrected chi connectivity index (χ4v) is 3.19. The molecule has 0 bridgehead atoms. The minimum Gasteiger partial charge on any atom is -0.508 e. The van der Waals surface area contributed by atoms with Crippen molar-refractivity contribution >= 4 is 29.4 Å². The van der Waals surface area contributed by atoms with E-state index < -0.39 is 30.2 Å². The van der Waals surface area contributed by atoms with Crippen molar-refractivity contribution in [3.63, 3.8) is 0 Å². The largest absolute Gasteiger partial charge is 0.508 e. The van der Waals surface area contributed by atoms with Gasteiger partial charge < -0.3 is 31.5 Å². The molecule has 0 radical (unpaired) electrons. The van der Waals surface area contributed by atoms with Gasteiger partial charge in [-0.2, -0.15) is 0 Å². The molecule has 2 amide bonds. The van der Waals surface area contributed by atoms with E-state index in [1.54, 1.807) is 36.4 Å². The number of carboxylic acids is 1. The van der Waals surface area contributed by atoms with Gasteiger partial charge in [0.2, 0.25) is 5.91 Å². The van der Waals surface area contributed by atoms with E-state index in [0.717, 1.165) is 19.5 Å². The number of aliphatic imine (C=N–C) groups is 1. The number of anilines is 1. The van der Waals surface area contributed by atoms with Crippen molar-refractivity contribution < 1.29 is 24.6 Å². The number of para-hydroxylation sites is 1. The third kappa shape index (κ3) is 6.46. The van der Waals surface area contributed by atoms with E-state index >= 15 is 0 Å². The number of carbonyl (C=O) groups excluding carboxylic acids is 2. The van der Waals surface area contributed by atoms with Crippen LogP contribution in [0.1, 0.15) is 34.8 Å². The Hall–Kier alpha value is -4.08. The molecule has 1 atom stereocenters. The predicted molar refractivity (Wildman–Crippen MR) is 119 cm³/mol. The van der Waals surface area contributed by atoms with Gasteiger partial charge in [-0.25, -0.2) is 0 Å². The zero-order chi connectivity index (χ0) is 22.9. The molecular formula is C22H25N5O5. The van der Waals surface area contributed by atoms with Crippen LogP contribution < -0.4 is 21.3 Å². The molecule has 1 unspecified atom stereocenters. The molecule has 0 spiro atoms. The van der Waals surface area contributed by atoms with E-state index in [1.165, 1.54) is 12.1 Å². The number of carboxylic acid groups (broad SMARTS) is 1. The summed E-state index contributed by atoms with van der Waals surface area (Å²) in [6.07, 6.45) is 0.551. The molecule has 1 aliphatic rings. The zero-order valence-corrected chi connectivity index (χ0v) is 17.3. The maximum absolute atomic E-state index is 12.5. The number of nitrogens with one attached hydrogen (secondary N) is 4. The van der Waals surface area contributed by atoms with Gasteiger partial charge in [0, 0.05) is 29.9 Å². The van der Waals surface area contributed by atoms with Gasteiger partial charge in [-0.3, -0.25) is 19.4 Å². The monoisotopic (exact) mass is 439 g/mol. The normalized spacial score (nSPS) is 13.8. The quantitative estimate of drug-likeness (QED) is 0.362. The Morgan fingerprint density at radius 1 is 1.12 bits per heavy atom. The number of aromatic hydroxyl groups is 1. The first kappa shape index (κ1) is 22.6. The highest BCUT2D eigenvalue weighted by atomic mass is 16.4. The summed E-state index contributed by atoms with van der Waals surface area (Å²) in [4.78, 5) is 40.3. The first-order valence-electron chi connectivity index (χ1n) is 10.1. The number of nitrogens with zero attached hydrogens (tertiary/aromatic N) is 1. The van der Waals surface area contributed by atoms with Crippen LogP contribution in [0.15, 0.2) is 53.5 Å². The van der Waals surface area contributed by atoms with E-state index in [4.69, 9.17) is 5.11 Å². The van der Waals surface area contributed by atoms with Gasteiger partial charge in [0.05, 0.1) is 19.0 Å². The molecule has 0 fully saturated rings. The molecule has 10 nitrogen and oxygen atoms in total. The number of phenols is 1. The molecule has 168 valence electrons. The van der Waals surface area contributed by atoms with Gasteiger partial charge in [0.25, 0.3) is 5.91 Å². The fraction of sp³-hybridized carbons (Fsp3) is 0.273. The fourth-order valence-electron chi connectivity index (χ4n) is 3.19. The highest BCUT2D eigenvalue weighted by Crippen LogP contribution is 2.26. The highest BCUT2D eigenvalue weighted by molar-refractivity contribution is 5.99. The molecule has 1 aliphatic heterocycles. The first-order valence-corrected chi connectivity index (χ1v) is 10.1. The topological polar surface area (TPSA) is 152 Å². The molecule has 0 saturated carbocycles. The Kier molecular flexibility index (Phi) is 7.63. The molecule has 6 N–H and O–H groups in total. The van der Waals surface area contributed by atoms with E-state index in [2.05, 4.69) is 26.3 Å². The number of guanidine groups is 1. The second kappa shape index (κ2) is 10.8. The number of carbonyl (C=O) groups is 3. The van der Waals surface area contributed by atoms with Crippen LogP contribution in [-0.2, 0) is 9.59 Å². The molecule has 0 aliphatic carbocycles. The second-order valence-electron chi connectivity index (χ2n) is 7.18. The van der Waals surface area contributed by atoms with Crippen molar-refractivity contribution in [1.29, 1.82) is 0 Å². The highest BCUT2D eigenvalue weighted by Gasteiger charge is 2.21. The Labute approximate surface area is 184 Å². The number of hydrogen-bond acceptors (Lipinski definition) is 7. The molecule has 1 heterocycles. The summed E-state index contributed by atoms with van der Waals surface area (Å²) in [5.74, 6) is -1.65. The van der Waals surface area contributed by atoms with Crippen LogP contribution in [0.4, 0.5) is 5.69 Å². The van der Waals surface area contributed by atoms with Gasteiger partial charge in [-0.05, 0) is 30.7 Å². The number of hydrogen-bond donors (Lipinski definition) is 6. The molecule has 3 rings (SSSR count). The van der Waals surface area contributed by atoms with E-state index in [-0.39, 0.29) is 17.9 Å². The zero-order valence-electron chi connectivity index (χ0n) is 17.3. The maximum Gasteiger partial charge on any atom is 0.305 e. The van der Waals surface area contributed by atoms with E-state index in [1.807, 2.05) is 0 Å². The molecular weight excluding hydrogens is 414 g/mol. The van der Waals surface area contributed by atoms with Crippen molar-refractivity contribution in [2.75, 3.05) is 25.0 Å². The second-order valence-corrected chi connectivity index (χ2v) is 7.18. The molecule has 32 heavy (non-hydrogen) atoms. The lowest BCUT2D eigenvalue weighted by molar-refractivity contribution is -0.137.